The molecule has 0 radical (unpaired) electrons. The number of halogens is 1. The maximum Gasteiger partial charge on any atom is 0.196 e. The molecule has 0 saturated heterocycles. The third-order valence-corrected chi connectivity index (χ3v) is 3.67. The summed E-state index contributed by atoms with van der Waals surface area (Å²) < 4.78 is 13.7. The highest BCUT2D eigenvalue weighted by Crippen LogP contribution is 2.33. The van der Waals surface area contributed by atoms with E-state index in [9.17, 15) is 4.39 Å². The Morgan fingerprint density at radius 3 is 2.30 bits per heavy atom. The fraction of sp³-hybridized carbons (Fsp3) is 0.231. The van der Waals surface area contributed by atoms with E-state index in [0.29, 0.717) is 27.9 Å². The van der Waals surface area contributed by atoms with Crippen molar-refractivity contribution in [2.45, 2.75) is 29.9 Å². The Morgan fingerprint density at radius 1 is 1.15 bits per heavy atom. The van der Waals surface area contributed by atoms with E-state index in [0.717, 1.165) is 4.90 Å². The molecule has 20 heavy (non-hydrogen) atoms. The molecular formula is C13H16FN5S. The van der Waals surface area contributed by atoms with Gasteiger partial charge in [0.1, 0.15) is 17.5 Å². The summed E-state index contributed by atoms with van der Waals surface area (Å²) >= 11 is 1.26. The maximum absolute atomic E-state index is 13.7. The highest BCUT2D eigenvalue weighted by atomic mass is 32.2. The standard InChI is InChI=1S/C13H16FN5S/c1-6-3-10(8(7(2)15)4-9(6)14)20-13-18-11(16)5-12(17)19-13/h3-5,7H,15H2,1-2H3,(H4,16,17,18,19)/t7-/m0/s1. The lowest BCUT2D eigenvalue weighted by molar-refractivity contribution is 0.610. The Bertz CT molecular complexity index is 625. The Balaban J connectivity index is 2.44. The van der Waals surface area contributed by atoms with Crippen molar-refractivity contribution in [3.63, 3.8) is 0 Å². The molecule has 0 spiro atoms. The van der Waals surface area contributed by atoms with Crippen molar-refractivity contribution in [3.8, 4) is 0 Å². The van der Waals surface area contributed by atoms with Gasteiger partial charge in [0.25, 0.3) is 0 Å². The molecular weight excluding hydrogens is 277 g/mol. The average Bonchev–Trinajstić information content (AvgIpc) is 2.31. The van der Waals surface area contributed by atoms with E-state index in [1.807, 2.05) is 0 Å². The predicted octanol–water partition coefficient (Wildman–Crippen LogP) is 2.26. The maximum atomic E-state index is 13.7. The zero-order valence-corrected chi connectivity index (χ0v) is 12.0. The molecule has 0 aliphatic rings. The van der Waals surface area contributed by atoms with Gasteiger partial charge in [-0.2, -0.15) is 0 Å². The van der Waals surface area contributed by atoms with Crippen molar-refractivity contribution in [1.29, 1.82) is 0 Å². The number of nitrogens with two attached hydrogens (primary N) is 3. The number of benzene rings is 1. The lowest BCUT2D eigenvalue weighted by Gasteiger charge is -2.13. The number of aromatic nitrogens is 2. The van der Waals surface area contributed by atoms with Gasteiger partial charge in [-0.3, -0.25) is 0 Å². The second kappa shape index (κ2) is 5.64. The predicted molar refractivity (Wildman–Crippen MR) is 78.7 cm³/mol. The van der Waals surface area contributed by atoms with Crippen molar-refractivity contribution < 1.29 is 4.39 Å². The zero-order chi connectivity index (χ0) is 14.9. The monoisotopic (exact) mass is 293 g/mol. The van der Waals surface area contributed by atoms with E-state index < -0.39 is 0 Å². The quantitative estimate of drug-likeness (QED) is 0.750. The van der Waals surface area contributed by atoms with Crippen LogP contribution in [0.25, 0.3) is 0 Å². The second-order valence-electron chi connectivity index (χ2n) is 4.53. The highest BCUT2D eigenvalue weighted by molar-refractivity contribution is 7.99. The number of anilines is 2. The van der Waals surface area contributed by atoms with Gasteiger partial charge in [0.15, 0.2) is 5.16 Å². The molecule has 5 nitrogen and oxygen atoms in total. The third-order valence-electron chi connectivity index (χ3n) is 2.73. The van der Waals surface area contributed by atoms with E-state index in [-0.39, 0.29) is 11.9 Å². The Hall–Kier alpha value is -1.86. The van der Waals surface area contributed by atoms with Crippen molar-refractivity contribution in [1.82, 2.24) is 9.97 Å². The van der Waals surface area contributed by atoms with Crippen molar-refractivity contribution >= 4 is 23.4 Å². The summed E-state index contributed by atoms with van der Waals surface area (Å²) in [4.78, 5) is 8.99. The van der Waals surface area contributed by atoms with Crippen LogP contribution in [0.3, 0.4) is 0 Å². The van der Waals surface area contributed by atoms with Crippen LogP contribution < -0.4 is 17.2 Å². The first-order valence-electron chi connectivity index (χ1n) is 6.00. The van der Waals surface area contributed by atoms with Crippen molar-refractivity contribution in [2.75, 3.05) is 11.5 Å². The molecule has 0 fully saturated rings. The van der Waals surface area contributed by atoms with Crippen LogP contribution in [0.5, 0.6) is 0 Å². The summed E-state index contributed by atoms with van der Waals surface area (Å²) in [7, 11) is 0. The molecule has 6 N–H and O–H groups in total. The minimum atomic E-state index is -0.300. The van der Waals surface area contributed by atoms with Crippen LogP contribution in [0.4, 0.5) is 16.0 Å². The molecule has 1 aromatic heterocycles. The highest BCUT2D eigenvalue weighted by Gasteiger charge is 2.14. The van der Waals surface area contributed by atoms with Crippen LogP contribution in [0.1, 0.15) is 24.1 Å². The fourth-order valence-electron chi connectivity index (χ4n) is 1.72. The summed E-state index contributed by atoms with van der Waals surface area (Å²) in [6.45, 7) is 3.49. The molecule has 0 unspecified atom stereocenters. The minimum absolute atomic E-state index is 0.283. The largest absolute Gasteiger partial charge is 0.383 e. The van der Waals surface area contributed by atoms with Crippen LogP contribution in [-0.2, 0) is 0 Å². The van der Waals surface area contributed by atoms with Crippen LogP contribution in [0.15, 0.2) is 28.3 Å². The normalized spacial score (nSPS) is 12.4. The van der Waals surface area contributed by atoms with E-state index in [4.69, 9.17) is 17.2 Å². The van der Waals surface area contributed by atoms with E-state index in [1.54, 1.807) is 19.9 Å². The Kier molecular flexibility index (Phi) is 4.10. The molecule has 0 aliphatic heterocycles. The first-order chi connectivity index (χ1) is 9.36. The smallest absolute Gasteiger partial charge is 0.196 e. The van der Waals surface area contributed by atoms with Gasteiger partial charge >= 0.3 is 0 Å². The van der Waals surface area contributed by atoms with E-state index in [2.05, 4.69) is 9.97 Å². The lowest BCUT2D eigenvalue weighted by atomic mass is 10.1. The molecule has 2 rings (SSSR count). The number of aryl methyl sites for hydroxylation is 1. The number of hydrogen-bond donors (Lipinski definition) is 3. The topological polar surface area (TPSA) is 104 Å². The summed E-state index contributed by atoms with van der Waals surface area (Å²) in [6.07, 6.45) is 0. The molecule has 0 aliphatic carbocycles. The molecule has 1 aromatic carbocycles. The number of nitrogen functional groups attached to an aromatic ring is 2. The van der Waals surface area contributed by atoms with E-state index >= 15 is 0 Å². The molecule has 7 heteroatoms. The van der Waals surface area contributed by atoms with Gasteiger partial charge in [-0.15, -0.1) is 0 Å². The molecule has 106 valence electrons. The fourth-order valence-corrected chi connectivity index (χ4v) is 2.82. The zero-order valence-electron chi connectivity index (χ0n) is 11.2. The summed E-state index contributed by atoms with van der Waals surface area (Å²) in [6, 6.07) is 4.34. The second-order valence-corrected chi connectivity index (χ2v) is 5.54. The average molecular weight is 293 g/mol. The first kappa shape index (κ1) is 14.5. The van der Waals surface area contributed by atoms with Gasteiger partial charge in [0, 0.05) is 17.0 Å². The number of nitrogens with zero attached hydrogens (tertiary/aromatic N) is 2. The van der Waals surface area contributed by atoms with Crippen LogP contribution in [0.2, 0.25) is 0 Å². The van der Waals surface area contributed by atoms with Crippen molar-refractivity contribution in [3.05, 3.63) is 35.1 Å². The molecule has 0 bridgehead atoms. The van der Waals surface area contributed by atoms with Gasteiger partial charge < -0.3 is 17.2 Å². The van der Waals surface area contributed by atoms with Crippen LogP contribution >= 0.6 is 11.8 Å². The van der Waals surface area contributed by atoms with Gasteiger partial charge in [-0.25, -0.2) is 14.4 Å². The summed E-state index contributed by atoms with van der Waals surface area (Å²) in [5.74, 6) is 0.303. The molecule has 2 aromatic rings. The van der Waals surface area contributed by atoms with Gasteiger partial charge in [-0.05, 0) is 48.9 Å². The van der Waals surface area contributed by atoms with Gasteiger partial charge in [-0.1, -0.05) is 0 Å². The number of rotatable bonds is 3. The first-order valence-corrected chi connectivity index (χ1v) is 6.82. The summed E-state index contributed by atoms with van der Waals surface area (Å²) in [5, 5.41) is 0.412. The third kappa shape index (κ3) is 3.17. The molecule has 1 heterocycles. The Morgan fingerprint density at radius 2 is 1.75 bits per heavy atom. The van der Waals surface area contributed by atoms with Crippen LogP contribution in [0, 0.1) is 12.7 Å². The van der Waals surface area contributed by atoms with Crippen LogP contribution in [-0.4, -0.2) is 9.97 Å². The van der Waals surface area contributed by atoms with Gasteiger partial charge in [0.2, 0.25) is 0 Å². The lowest BCUT2D eigenvalue weighted by Crippen LogP contribution is -2.08. The Labute approximate surface area is 120 Å². The molecule has 0 amide bonds. The number of hydrogen-bond acceptors (Lipinski definition) is 6. The minimum Gasteiger partial charge on any atom is -0.383 e. The summed E-state index contributed by atoms with van der Waals surface area (Å²) in [5.41, 5.74) is 18.4. The van der Waals surface area contributed by atoms with Crippen molar-refractivity contribution in [2.24, 2.45) is 5.73 Å². The SMILES string of the molecule is Cc1cc(Sc2nc(N)cc(N)n2)c([C@H](C)N)cc1F. The van der Waals surface area contributed by atoms with Gasteiger partial charge in [0.05, 0.1) is 0 Å². The molecule has 1 atom stereocenters. The molecule has 0 saturated carbocycles. The van der Waals surface area contributed by atoms with E-state index in [1.165, 1.54) is 23.9 Å².